The number of carbonyl (C=O) groups is 2. The Bertz CT molecular complexity index is 1360. The zero-order valence-electron chi connectivity index (χ0n) is 20.4. The molecule has 9 heteroatoms. The van der Waals surface area contributed by atoms with Crippen LogP contribution < -0.4 is 15.2 Å². The molecule has 37 heavy (non-hydrogen) atoms. The molecule has 3 aromatic carbocycles. The summed E-state index contributed by atoms with van der Waals surface area (Å²) in [5.74, 6) is 0.0888. The van der Waals surface area contributed by atoms with Gasteiger partial charge in [-0.15, -0.1) is 0 Å². The summed E-state index contributed by atoms with van der Waals surface area (Å²) in [5.41, 5.74) is 8.88. The van der Waals surface area contributed by atoms with Crippen molar-refractivity contribution < 1.29 is 19.1 Å². The van der Waals surface area contributed by atoms with Crippen molar-refractivity contribution in [3.8, 4) is 11.5 Å². The zero-order chi connectivity index (χ0) is 26.4. The van der Waals surface area contributed by atoms with Crippen molar-refractivity contribution in [1.82, 2.24) is 4.90 Å². The summed E-state index contributed by atoms with van der Waals surface area (Å²) in [6, 6.07) is 21.2. The molecule has 3 aromatic rings. The van der Waals surface area contributed by atoms with Crippen molar-refractivity contribution in [2.24, 2.45) is 10.7 Å². The monoisotopic (exact) mass is 579 g/mol. The Balaban J connectivity index is 1.70. The first kappa shape index (κ1) is 26.5. The van der Waals surface area contributed by atoms with Gasteiger partial charge in [0.2, 0.25) is 0 Å². The second-order valence-corrected chi connectivity index (χ2v) is 10.1. The van der Waals surface area contributed by atoms with Gasteiger partial charge >= 0.3 is 0 Å². The predicted molar refractivity (Wildman–Crippen MR) is 151 cm³/mol. The maximum atomic E-state index is 13.5. The fourth-order valence-corrected chi connectivity index (χ4v) is 5.17. The molecule has 190 valence electrons. The number of amidine groups is 1. The summed E-state index contributed by atoms with van der Waals surface area (Å²) in [6.07, 6.45) is 1.80. The molecule has 1 heterocycles. The highest BCUT2D eigenvalue weighted by Gasteiger charge is 2.33. The van der Waals surface area contributed by atoms with Crippen molar-refractivity contribution >= 4 is 56.4 Å². The van der Waals surface area contributed by atoms with Crippen LogP contribution in [0.15, 0.2) is 81.1 Å². The van der Waals surface area contributed by atoms with Crippen LogP contribution >= 0.6 is 27.7 Å². The first-order valence-electron chi connectivity index (χ1n) is 11.6. The molecule has 0 radical (unpaired) electrons. The number of thioether (sulfide) groups is 1. The number of nitrogens with two attached hydrogens (primary N) is 1. The van der Waals surface area contributed by atoms with Crippen LogP contribution in [-0.4, -0.2) is 35.1 Å². The van der Waals surface area contributed by atoms with Gasteiger partial charge in [0, 0.05) is 0 Å². The summed E-state index contributed by atoms with van der Waals surface area (Å²) in [7, 11) is 0. The van der Waals surface area contributed by atoms with E-state index in [1.807, 2.05) is 68.4 Å². The van der Waals surface area contributed by atoms with E-state index in [4.69, 9.17) is 20.2 Å². The van der Waals surface area contributed by atoms with E-state index < -0.39 is 5.91 Å². The molecular weight excluding hydrogens is 554 g/mol. The molecule has 0 spiro atoms. The molecule has 0 aliphatic carbocycles. The number of ether oxygens (including phenoxy) is 2. The molecule has 1 fully saturated rings. The Kier molecular flexibility index (Phi) is 8.68. The van der Waals surface area contributed by atoms with Crippen molar-refractivity contribution in [2.45, 2.75) is 20.4 Å². The number of aliphatic imine (C=N–C) groups is 1. The normalized spacial score (nSPS) is 15.4. The number of carbonyl (C=O) groups excluding carboxylic acids is 2. The van der Waals surface area contributed by atoms with Gasteiger partial charge in [0.05, 0.1) is 28.2 Å². The zero-order valence-corrected chi connectivity index (χ0v) is 22.8. The lowest BCUT2D eigenvalue weighted by atomic mass is 10.1. The number of benzene rings is 3. The van der Waals surface area contributed by atoms with Crippen molar-refractivity contribution in [3.05, 3.63) is 92.8 Å². The Morgan fingerprint density at radius 1 is 1.11 bits per heavy atom. The average Bonchev–Trinajstić information content (AvgIpc) is 3.14. The van der Waals surface area contributed by atoms with Gasteiger partial charge in [0.1, 0.15) is 0 Å². The van der Waals surface area contributed by atoms with E-state index >= 15 is 0 Å². The SMILES string of the molecule is CCOc1cc(/C=C2/SC(=Nc3ccc(C)cc3)N(Cc3ccccc3)C2=O)cc(Br)c1OCC(N)=O. The van der Waals surface area contributed by atoms with E-state index in [0.29, 0.717) is 39.2 Å². The summed E-state index contributed by atoms with van der Waals surface area (Å²) in [5, 5.41) is 0.606. The number of rotatable bonds is 9. The van der Waals surface area contributed by atoms with Crippen LogP contribution in [0.5, 0.6) is 11.5 Å². The van der Waals surface area contributed by atoms with Crippen LogP contribution in [0.4, 0.5) is 5.69 Å². The van der Waals surface area contributed by atoms with E-state index in [0.717, 1.165) is 22.4 Å². The van der Waals surface area contributed by atoms with E-state index in [9.17, 15) is 9.59 Å². The summed E-state index contributed by atoms with van der Waals surface area (Å²) >= 11 is 4.81. The minimum absolute atomic E-state index is 0.136. The third kappa shape index (κ3) is 6.81. The van der Waals surface area contributed by atoms with Gasteiger partial charge in [-0.05, 0) is 83.0 Å². The molecule has 1 saturated heterocycles. The molecule has 2 N–H and O–H groups in total. The van der Waals surface area contributed by atoms with Gasteiger partial charge in [-0.3, -0.25) is 14.5 Å². The highest BCUT2D eigenvalue weighted by atomic mass is 79.9. The first-order chi connectivity index (χ1) is 17.8. The molecule has 0 bridgehead atoms. The van der Waals surface area contributed by atoms with Crippen molar-refractivity contribution in [2.75, 3.05) is 13.2 Å². The predicted octanol–water partition coefficient (Wildman–Crippen LogP) is 5.82. The molecule has 7 nitrogen and oxygen atoms in total. The smallest absolute Gasteiger partial charge is 0.267 e. The van der Waals surface area contributed by atoms with Crippen LogP contribution in [-0.2, 0) is 16.1 Å². The standard InChI is InChI=1S/C28H26BrN3O4S/c1-3-35-23-14-20(13-22(29)26(23)36-17-25(30)33)15-24-27(34)32(16-19-7-5-4-6-8-19)28(37-24)31-21-11-9-18(2)10-12-21/h4-15H,3,16-17H2,1-2H3,(H2,30,33)/b24-15+,31-28?. The molecule has 1 aliphatic heterocycles. The Hall–Kier alpha value is -3.56. The number of amides is 2. The van der Waals surface area contributed by atoms with Gasteiger partial charge in [0.25, 0.3) is 11.8 Å². The second kappa shape index (κ2) is 12.1. The van der Waals surface area contributed by atoms with Gasteiger partial charge in [-0.25, -0.2) is 4.99 Å². The summed E-state index contributed by atoms with van der Waals surface area (Å²) in [6.45, 7) is 4.39. The van der Waals surface area contributed by atoms with E-state index in [1.54, 1.807) is 23.1 Å². The van der Waals surface area contributed by atoms with Crippen LogP contribution in [0.3, 0.4) is 0 Å². The Labute approximate surface area is 228 Å². The fourth-order valence-electron chi connectivity index (χ4n) is 3.60. The third-order valence-corrected chi connectivity index (χ3v) is 6.91. The van der Waals surface area contributed by atoms with Gasteiger partial charge in [-0.1, -0.05) is 48.0 Å². The minimum Gasteiger partial charge on any atom is -0.490 e. The Morgan fingerprint density at radius 2 is 1.84 bits per heavy atom. The largest absolute Gasteiger partial charge is 0.490 e. The number of halogens is 1. The molecule has 4 rings (SSSR count). The lowest BCUT2D eigenvalue weighted by Gasteiger charge is -2.15. The maximum Gasteiger partial charge on any atom is 0.267 e. The van der Waals surface area contributed by atoms with Crippen LogP contribution in [0, 0.1) is 6.92 Å². The molecule has 1 aliphatic rings. The second-order valence-electron chi connectivity index (χ2n) is 8.24. The van der Waals surface area contributed by atoms with E-state index in [2.05, 4.69) is 15.9 Å². The number of primary amides is 1. The molecular formula is C28H26BrN3O4S. The molecule has 2 amide bonds. The highest BCUT2D eigenvalue weighted by Crippen LogP contribution is 2.40. The minimum atomic E-state index is -0.590. The summed E-state index contributed by atoms with van der Waals surface area (Å²) in [4.78, 5) is 31.8. The summed E-state index contributed by atoms with van der Waals surface area (Å²) < 4.78 is 11.8. The van der Waals surface area contributed by atoms with Crippen molar-refractivity contribution in [3.63, 3.8) is 0 Å². The highest BCUT2D eigenvalue weighted by molar-refractivity contribution is 9.10. The lowest BCUT2D eigenvalue weighted by Crippen LogP contribution is -2.28. The van der Waals surface area contributed by atoms with Gasteiger partial charge < -0.3 is 15.2 Å². The molecule has 0 atom stereocenters. The molecule has 0 saturated carbocycles. The number of hydrogen-bond donors (Lipinski definition) is 1. The first-order valence-corrected chi connectivity index (χ1v) is 13.2. The van der Waals surface area contributed by atoms with Crippen LogP contribution in [0.25, 0.3) is 6.08 Å². The molecule has 0 unspecified atom stereocenters. The van der Waals surface area contributed by atoms with E-state index in [-0.39, 0.29) is 12.5 Å². The van der Waals surface area contributed by atoms with Crippen LogP contribution in [0.2, 0.25) is 0 Å². The molecule has 0 aromatic heterocycles. The van der Waals surface area contributed by atoms with Crippen LogP contribution in [0.1, 0.15) is 23.6 Å². The van der Waals surface area contributed by atoms with Gasteiger partial charge in [-0.2, -0.15) is 0 Å². The van der Waals surface area contributed by atoms with Gasteiger partial charge in [0.15, 0.2) is 23.3 Å². The Morgan fingerprint density at radius 3 is 2.51 bits per heavy atom. The third-order valence-electron chi connectivity index (χ3n) is 5.32. The number of aryl methyl sites for hydroxylation is 1. The van der Waals surface area contributed by atoms with E-state index in [1.165, 1.54) is 11.8 Å². The topological polar surface area (TPSA) is 94.2 Å². The quantitative estimate of drug-likeness (QED) is 0.322. The maximum absolute atomic E-state index is 13.5. The number of nitrogens with zero attached hydrogens (tertiary/aromatic N) is 2. The fraction of sp³-hybridized carbons (Fsp3) is 0.179. The number of hydrogen-bond acceptors (Lipinski definition) is 6. The lowest BCUT2D eigenvalue weighted by molar-refractivity contribution is -0.122. The van der Waals surface area contributed by atoms with Crippen molar-refractivity contribution in [1.29, 1.82) is 0 Å². The average molecular weight is 581 g/mol.